The van der Waals surface area contributed by atoms with Crippen LogP contribution in [0.5, 0.6) is 0 Å². The van der Waals surface area contributed by atoms with E-state index in [1.807, 2.05) is 19.9 Å². The van der Waals surface area contributed by atoms with E-state index in [2.05, 4.69) is 0 Å². The zero-order valence-corrected chi connectivity index (χ0v) is 11.4. The van der Waals surface area contributed by atoms with Gasteiger partial charge in [-0.1, -0.05) is 6.07 Å². The number of benzene rings is 1. The Kier molecular flexibility index (Phi) is 3.27. The molecule has 1 saturated carbocycles. The zero-order valence-electron chi connectivity index (χ0n) is 10.6. The van der Waals surface area contributed by atoms with Crippen LogP contribution in [0.15, 0.2) is 23.1 Å². The number of hydrogen-bond donors (Lipinski definition) is 0. The summed E-state index contributed by atoms with van der Waals surface area (Å²) in [5, 5.41) is 0. The molecule has 17 heavy (non-hydrogen) atoms. The first-order chi connectivity index (χ1) is 7.91. The summed E-state index contributed by atoms with van der Waals surface area (Å²) < 4.78 is 26.1. The molecule has 0 aromatic heterocycles. The number of sulfonamides is 1. The van der Waals surface area contributed by atoms with E-state index in [4.69, 9.17) is 0 Å². The Balaban J connectivity index is 2.26. The van der Waals surface area contributed by atoms with Gasteiger partial charge in [-0.3, -0.25) is 0 Å². The monoisotopic (exact) mass is 253 g/mol. The van der Waals surface area contributed by atoms with Gasteiger partial charge in [0.25, 0.3) is 0 Å². The van der Waals surface area contributed by atoms with Gasteiger partial charge in [0.15, 0.2) is 0 Å². The largest absolute Gasteiger partial charge is 0.242 e. The molecule has 0 N–H and O–H groups in total. The molecular weight excluding hydrogens is 234 g/mol. The van der Waals surface area contributed by atoms with Crippen molar-refractivity contribution in [2.45, 2.75) is 31.6 Å². The Bertz CT molecular complexity index is 518. The molecule has 1 aliphatic rings. The highest BCUT2D eigenvalue weighted by atomic mass is 32.2. The molecule has 2 rings (SSSR count). The maximum Gasteiger partial charge on any atom is 0.242 e. The minimum absolute atomic E-state index is 0.406. The van der Waals surface area contributed by atoms with E-state index in [-0.39, 0.29) is 0 Å². The van der Waals surface area contributed by atoms with Crippen molar-refractivity contribution in [1.82, 2.24) is 4.31 Å². The predicted molar refractivity (Wildman–Crippen MR) is 68.5 cm³/mol. The molecule has 1 aromatic rings. The van der Waals surface area contributed by atoms with Gasteiger partial charge in [0.1, 0.15) is 0 Å². The van der Waals surface area contributed by atoms with E-state index in [0.717, 1.165) is 24.0 Å². The van der Waals surface area contributed by atoms with Crippen LogP contribution in [0.1, 0.15) is 24.0 Å². The first kappa shape index (κ1) is 12.6. The van der Waals surface area contributed by atoms with Crippen LogP contribution >= 0.6 is 0 Å². The van der Waals surface area contributed by atoms with E-state index in [1.54, 1.807) is 19.2 Å². The van der Waals surface area contributed by atoms with Gasteiger partial charge in [-0.05, 0) is 55.9 Å². The van der Waals surface area contributed by atoms with Crippen LogP contribution in [-0.4, -0.2) is 26.3 Å². The molecule has 0 saturated heterocycles. The lowest BCUT2D eigenvalue weighted by molar-refractivity contribution is 0.453. The molecule has 1 aromatic carbocycles. The fourth-order valence-electron chi connectivity index (χ4n) is 1.82. The highest BCUT2D eigenvalue weighted by molar-refractivity contribution is 7.89. The van der Waals surface area contributed by atoms with Crippen molar-refractivity contribution >= 4 is 10.0 Å². The Morgan fingerprint density at radius 3 is 2.41 bits per heavy atom. The van der Waals surface area contributed by atoms with Crippen LogP contribution in [0.3, 0.4) is 0 Å². The summed E-state index contributed by atoms with van der Waals surface area (Å²) in [5.74, 6) is 0.571. The molecule has 3 nitrogen and oxygen atoms in total. The van der Waals surface area contributed by atoms with Crippen LogP contribution in [-0.2, 0) is 10.0 Å². The fraction of sp³-hybridized carbons (Fsp3) is 0.538. The van der Waals surface area contributed by atoms with Crippen LogP contribution in [0.4, 0.5) is 0 Å². The third-order valence-corrected chi connectivity index (χ3v) is 5.22. The summed E-state index contributed by atoms with van der Waals surface area (Å²) in [6.45, 7) is 4.57. The Morgan fingerprint density at radius 1 is 1.24 bits per heavy atom. The number of aryl methyl sites for hydroxylation is 2. The second-order valence-electron chi connectivity index (χ2n) is 4.97. The third kappa shape index (κ3) is 2.69. The molecule has 94 valence electrons. The molecule has 0 amide bonds. The second-order valence-corrected chi connectivity index (χ2v) is 7.02. The van der Waals surface area contributed by atoms with Crippen LogP contribution < -0.4 is 0 Å². The fourth-order valence-corrected chi connectivity index (χ4v) is 3.15. The Labute approximate surface area is 104 Å². The SMILES string of the molecule is Cc1ccc(S(=O)(=O)N(C)CC2CC2)cc1C. The number of rotatable bonds is 4. The highest BCUT2D eigenvalue weighted by Gasteiger charge is 2.29. The van der Waals surface area contributed by atoms with Gasteiger partial charge in [0.2, 0.25) is 10.0 Å². The topological polar surface area (TPSA) is 37.4 Å². The van der Waals surface area contributed by atoms with Crippen molar-refractivity contribution in [2.24, 2.45) is 5.92 Å². The van der Waals surface area contributed by atoms with Crippen LogP contribution in [0, 0.1) is 19.8 Å². The van der Waals surface area contributed by atoms with E-state index < -0.39 is 10.0 Å². The molecule has 1 aliphatic carbocycles. The Morgan fingerprint density at radius 2 is 1.88 bits per heavy atom. The van der Waals surface area contributed by atoms with Gasteiger partial charge in [-0.25, -0.2) is 12.7 Å². The minimum atomic E-state index is -3.30. The number of nitrogens with zero attached hydrogens (tertiary/aromatic N) is 1. The van der Waals surface area contributed by atoms with Crippen LogP contribution in [0.25, 0.3) is 0 Å². The van der Waals surface area contributed by atoms with Crippen molar-refractivity contribution in [3.63, 3.8) is 0 Å². The van der Waals surface area contributed by atoms with E-state index >= 15 is 0 Å². The van der Waals surface area contributed by atoms with E-state index in [0.29, 0.717) is 17.4 Å². The normalized spacial score (nSPS) is 16.5. The van der Waals surface area contributed by atoms with Crippen molar-refractivity contribution < 1.29 is 8.42 Å². The summed E-state index contributed by atoms with van der Waals surface area (Å²) in [5.41, 5.74) is 2.14. The van der Waals surface area contributed by atoms with Gasteiger partial charge in [0.05, 0.1) is 4.90 Å². The molecule has 0 radical (unpaired) electrons. The molecular formula is C13H19NO2S. The summed E-state index contributed by atoms with van der Waals surface area (Å²) in [6.07, 6.45) is 2.32. The predicted octanol–water partition coefficient (Wildman–Crippen LogP) is 2.33. The smallest absolute Gasteiger partial charge is 0.207 e. The lowest BCUT2D eigenvalue weighted by Crippen LogP contribution is -2.29. The first-order valence-electron chi connectivity index (χ1n) is 5.95. The molecule has 4 heteroatoms. The first-order valence-corrected chi connectivity index (χ1v) is 7.39. The molecule has 0 spiro atoms. The maximum atomic E-state index is 12.3. The summed E-state index contributed by atoms with van der Waals surface area (Å²) in [4.78, 5) is 0.406. The van der Waals surface area contributed by atoms with Crippen molar-refractivity contribution in [3.8, 4) is 0 Å². The average molecular weight is 253 g/mol. The molecule has 0 atom stereocenters. The standard InChI is InChI=1S/C13H19NO2S/c1-10-4-7-13(8-11(10)2)17(15,16)14(3)9-12-5-6-12/h4,7-8,12H,5-6,9H2,1-3H3. The van der Waals surface area contributed by atoms with Gasteiger partial charge < -0.3 is 0 Å². The Hall–Kier alpha value is -0.870. The van der Waals surface area contributed by atoms with Gasteiger partial charge >= 0.3 is 0 Å². The average Bonchev–Trinajstić information content (AvgIpc) is 3.05. The number of hydrogen-bond acceptors (Lipinski definition) is 2. The van der Waals surface area contributed by atoms with Gasteiger partial charge in [-0.2, -0.15) is 0 Å². The summed E-state index contributed by atoms with van der Waals surface area (Å²) in [7, 11) is -1.63. The van der Waals surface area contributed by atoms with Crippen molar-refractivity contribution in [2.75, 3.05) is 13.6 Å². The maximum absolute atomic E-state index is 12.3. The molecule has 1 fully saturated rings. The molecule has 0 unspecified atom stereocenters. The van der Waals surface area contributed by atoms with Crippen molar-refractivity contribution in [3.05, 3.63) is 29.3 Å². The van der Waals surface area contributed by atoms with Gasteiger partial charge in [0, 0.05) is 13.6 Å². The van der Waals surface area contributed by atoms with Crippen molar-refractivity contribution in [1.29, 1.82) is 0 Å². The second kappa shape index (κ2) is 4.42. The highest BCUT2D eigenvalue weighted by Crippen LogP contribution is 2.31. The molecule has 0 bridgehead atoms. The minimum Gasteiger partial charge on any atom is -0.207 e. The quantitative estimate of drug-likeness (QED) is 0.826. The van der Waals surface area contributed by atoms with Gasteiger partial charge in [-0.15, -0.1) is 0 Å². The zero-order chi connectivity index (χ0) is 12.6. The summed E-state index contributed by atoms with van der Waals surface area (Å²) >= 11 is 0. The third-order valence-electron chi connectivity index (χ3n) is 3.40. The van der Waals surface area contributed by atoms with Crippen LogP contribution in [0.2, 0.25) is 0 Å². The molecule has 0 heterocycles. The summed E-state index contributed by atoms with van der Waals surface area (Å²) in [6, 6.07) is 5.32. The lowest BCUT2D eigenvalue weighted by Gasteiger charge is -2.17. The molecule has 0 aliphatic heterocycles. The van der Waals surface area contributed by atoms with E-state index in [9.17, 15) is 8.42 Å². The lowest BCUT2D eigenvalue weighted by atomic mass is 10.1. The van der Waals surface area contributed by atoms with E-state index in [1.165, 1.54) is 4.31 Å².